The van der Waals surface area contributed by atoms with Crippen LogP contribution >= 0.6 is 0 Å². The molecule has 2 aromatic rings. The third-order valence-corrected chi connectivity index (χ3v) is 5.88. The molecule has 0 spiro atoms. The van der Waals surface area contributed by atoms with Crippen molar-refractivity contribution in [2.24, 2.45) is 0 Å². The molecule has 0 aliphatic carbocycles. The average Bonchev–Trinajstić information content (AvgIpc) is 2.72. The first-order chi connectivity index (χ1) is 14.1. The number of hydrogen-bond donors (Lipinski definition) is 0. The van der Waals surface area contributed by atoms with Crippen LogP contribution in [0.25, 0.3) is 0 Å². The van der Waals surface area contributed by atoms with E-state index in [0.717, 1.165) is 21.9 Å². The predicted molar refractivity (Wildman–Crippen MR) is 116 cm³/mol. The Morgan fingerprint density at radius 3 is 2.07 bits per heavy atom. The van der Waals surface area contributed by atoms with Crippen molar-refractivity contribution >= 4 is 21.6 Å². The maximum Gasteiger partial charge on any atom is 0.246 e. The van der Waals surface area contributed by atoms with Gasteiger partial charge in [0.25, 0.3) is 0 Å². The van der Waals surface area contributed by atoms with Crippen LogP contribution in [0.3, 0.4) is 0 Å². The summed E-state index contributed by atoms with van der Waals surface area (Å²) >= 11 is 0. The Morgan fingerprint density at radius 2 is 1.57 bits per heavy atom. The molecule has 1 atom stereocenters. The molecule has 2 aromatic carbocycles. The number of nitrogens with zero attached hydrogens (tertiary/aromatic N) is 2. The third kappa shape index (κ3) is 5.35. The summed E-state index contributed by atoms with van der Waals surface area (Å²) in [5, 5.41) is 0. The molecule has 2 rings (SSSR count). The molecule has 0 radical (unpaired) electrons. The number of hydrogen-bond acceptors (Lipinski definition) is 6. The zero-order valence-corrected chi connectivity index (χ0v) is 18.9. The number of methoxy groups -OCH3 is 3. The molecule has 9 heteroatoms. The number of likely N-dealkylation sites (N-methyl/N-ethyl adjacent to an activating group) is 1. The van der Waals surface area contributed by atoms with Crippen LogP contribution < -0.4 is 18.5 Å². The van der Waals surface area contributed by atoms with Gasteiger partial charge in [0.1, 0.15) is 11.8 Å². The van der Waals surface area contributed by atoms with E-state index in [4.69, 9.17) is 14.2 Å². The maximum absolute atomic E-state index is 13.0. The summed E-state index contributed by atoms with van der Waals surface area (Å²) in [6.45, 7) is 1.89. The molecule has 0 bridgehead atoms. The molecule has 8 nitrogen and oxygen atoms in total. The molecule has 1 amide bonds. The number of sulfonamides is 1. The summed E-state index contributed by atoms with van der Waals surface area (Å²) in [6.07, 6.45) is 1.07. The van der Waals surface area contributed by atoms with Crippen LogP contribution in [0.5, 0.6) is 17.2 Å². The van der Waals surface area contributed by atoms with Crippen LogP contribution in [0.2, 0.25) is 0 Å². The Hall–Kier alpha value is -2.94. The highest BCUT2D eigenvalue weighted by Crippen LogP contribution is 2.33. The largest absolute Gasteiger partial charge is 0.497 e. The van der Waals surface area contributed by atoms with E-state index in [1.165, 1.54) is 25.2 Å². The summed E-state index contributed by atoms with van der Waals surface area (Å²) in [6, 6.07) is 11.1. The van der Waals surface area contributed by atoms with Gasteiger partial charge >= 0.3 is 0 Å². The number of ether oxygens (including phenoxy) is 3. The van der Waals surface area contributed by atoms with E-state index in [9.17, 15) is 13.2 Å². The van der Waals surface area contributed by atoms with E-state index in [-0.39, 0.29) is 5.91 Å². The first kappa shape index (κ1) is 23.3. The van der Waals surface area contributed by atoms with Crippen molar-refractivity contribution in [1.82, 2.24) is 4.90 Å². The summed E-state index contributed by atoms with van der Waals surface area (Å²) < 4.78 is 41.8. The van der Waals surface area contributed by atoms with Gasteiger partial charge < -0.3 is 19.1 Å². The highest BCUT2D eigenvalue weighted by atomic mass is 32.2. The van der Waals surface area contributed by atoms with Crippen molar-refractivity contribution in [3.05, 3.63) is 48.0 Å². The number of rotatable bonds is 9. The van der Waals surface area contributed by atoms with Crippen molar-refractivity contribution in [2.45, 2.75) is 19.5 Å². The van der Waals surface area contributed by atoms with Gasteiger partial charge in [0, 0.05) is 19.7 Å². The lowest BCUT2D eigenvalue weighted by Crippen LogP contribution is -2.48. The number of amides is 1. The monoisotopic (exact) mass is 436 g/mol. The van der Waals surface area contributed by atoms with Crippen LogP contribution in [0.15, 0.2) is 42.5 Å². The van der Waals surface area contributed by atoms with Crippen molar-refractivity contribution in [3.63, 3.8) is 0 Å². The van der Waals surface area contributed by atoms with E-state index in [0.29, 0.717) is 23.7 Å². The van der Waals surface area contributed by atoms with Gasteiger partial charge in [-0.05, 0) is 36.8 Å². The van der Waals surface area contributed by atoms with Crippen LogP contribution in [-0.2, 0) is 21.4 Å². The first-order valence-corrected chi connectivity index (χ1v) is 11.1. The normalized spacial score (nSPS) is 12.1. The molecule has 0 aromatic heterocycles. The van der Waals surface area contributed by atoms with Gasteiger partial charge in [-0.1, -0.05) is 12.1 Å². The van der Waals surface area contributed by atoms with Crippen molar-refractivity contribution in [2.75, 3.05) is 38.9 Å². The van der Waals surface area contributed by atoms with Gasteiger partial charge in [0.2, 0.25) is 15.9 Å². The third-order valence-electron chi connectivity index (χ3n) is 4.64. The fraction of sp³-hybridized carbons (Fsp3) is 0.381. The topological polar surface area (TPSA) is 85.4 Å². The molecular weight excluding hydrogens is 408 g/mol. The van der Waals surface area contributed by atoms with E-state index in [1.807, 2.05) is 24.3 Å². The van der Waals surface area contributed by atoms with E-state index in [2.05, 4.69) is 0 Å². The molecular formula is C21H28N2O6S. The predicted octanol–water partition coefficient (Wildman–Crippen LogP) is 2.53. The Labute approximate surface area is 178 Å². The fourth-order valence-corrected chi connectivity index (χ4v) is 4.33. The Bertz CT molecular complexity index is 975. The summed E-state index contributed by atoms with van der Waals surface area (Å²) in [5.74, 6) is 1.21. The van der Waals surface area contributed by atoms with Crippen molar-refractivity contribution in [3.8, 4) is 17.2 Å². The van der Waals surface area contributed by atoms with Crippen LogP contribution in [-0.4, -0.2) is 59.9 Å². The number of carbonyl (C=O) groups is 1. The number of carbonyl (C=O) groups excluding carboxylic acids is 1. The summed E-state index contributed by atoms with van der Waals surface area (Å²) in [5.41, 5.74) is 1.21. The minimum absolute atomic E-state index is 0.314. The van der Waals surface area contributed by atoms with Gasteiger partial charge in [-0.3, -0.25) is 9.10 Å². The summed E-state index contributed by atoms with van der Waals surface area (Å²) in [7, 11) is 2.43. The number of benzene rings is 2. The van der Waals surface area contributed by atoms with Crippen molar-refractivity contribution in [1.29, 1.82) is 0 Å². The lowest BCUT2D eigenvalue weighted by atomic mass is 10.2. The second-order valence-corrected chi connectivity index (χ2v) is 8.68. The van der Waals surface area contributed by atoms with E-state index >= 15 is 0 Å². The molecule has 0 saturated carbocycles. The minimum Gasteiger partial charge on any atom is -0.497 e. The Balaban J connectivity index is 2.29. The standard InChI is InChI=1S/C21H28N2O6S/c1-15(21(24)22(2)14-16-7-10-18(27-3)11-8-16)23(30(6,25)26)17-9-12-19(28-4)20(13-17)29-5/h7-13,15H,14H2,1-6H3/t15-/m1/s1. The highest BCUT2D eigenvalue weighted by molar-refractivity contribution is 7.92. The molecule has 0 heterocycles. The average molecular weight is 437 g/mol. The first-order valence-electron chi connectivity index (χ1n) is 9.21. The molecule has 0 unspecified atom stereocenters. The van der Waals surface area contributed by atoms with Gasteiger partial charge in [-0.2, -0.15) is 0 Å². The lowest BCUT2D eigenvalue weighted by molar-refractivity contribution is -0.131. The van der Waals surface area contributed by atoms with E-state index < -0.39 is 16.1 Å². The lowest BCUT2D eigenvalue weighted by Gasteiger charge is -2.31. The van der Waals surface area contributed by atoms with Crippen LogP contribution in [0.1, 0.15) is 12.5 Å². The zero-order valence-electron chi connectivity index (χ0n) is 18.1. The fourth-order valence-electron chi connectivity index (χ4n) is 3.17. The van der Waals surface area contributed by atoms with Gasteiger partial charge in [-0.15, -0.1) is 0 Å². The van der Waals surface area contributed by atoms with Gasteiger partial charge in [0.05, 0.1) is 33.3 Å². The molecule has 0 N–H and O–H groups in total. The smallest absolute Gasteiger partial charge is 0.246 e. The summed E-state index contributed by atoms with van der Waals surface area (Å²) in [4.78, 5) is 14.5. The molecule has 0 fully saturated rings. The second kappa shape index (κ2) is 9.71. The minimum atomic E-state index is -3.75. The number of anilines is 1. The highest BCUT2D eigenvalue weighted by Gasteiger charge is 2.31. The van der Waals surface area contributed by atoms with Crippen LogP contribution in [0, 0.1) is 0 Å². The molecule has 0 aliphatic rings. The Morgan fingerprint density at radius 1 is 0.967 bits per heavy atom. The maximum atomic E-state index is 13.0. The molecule has 0 aliphatic heterocycles. The SMILES string of the molecule is COc1ccc(CN(C)C(=O)[C@@H](C)N(c2ccc(OC)c(OC)c2)S(C)(=O)=O)cc1. The second-order valence-electron chi connectivity index (χ2n) is 6.82. The van der Waals surface area contributed by atoms with E-state index in [1.54, 1.807) is 33.2 Å². The van der Waals surface area contributed by atoms with Gasteiger partial charge in [-0.25, -0.2) is 8.42 Å². The molecule has 0 saturated heterocycles. The van der Waals surface area contributed by atoms with Crippen LogP contribution in [0.4, 0.5) is 5.69 Å². The van der Waals surface area contributed by atoms with Crippen molar-refractivity contribution < 1.29 is 27.4 Å². The van der Waals surface area contributed by atoms with Gasteiger partial charge in [0.15, 0.2) is 11.5 Å². The quantitative estimate of drug-likeness (QED) is 0.601. The zero-order chi connectivity index (χ0) is 22.5. The molecule has 164 valence electrons. The Kier molecular flexibility index (Phi) is 7.55. The molecule has 30 heavy (non-hydrogen) atoms.